The van der Waals surface area contributed by atoms with E-state index in [1.54, 1.807) is 19.9 Å². The molecule has 0 aliphatic rings. The number of anilines is 1. The molecule has 19 heavy (non-hydrogen) atoms. The molecule has 0 aliphatic heterocycles. The van der Waals surface area contributed by atoms with Crippen LogP contribution in [0, 0.1) is 6.92 Å². The highest BCUT2D eigenvalue weighted by Crippen LogP contribution is 2.26. The zero-order valence-electron chi connectivity index (χ0n) is 10.6. The standard InChI is InChI=1S/C11H16BrN3O3S/c1-6-3-8(12)9(13)5-10(6)19(17,18)15-7(2)4-11(14)16/h3,5,7,15H,4,13H2,1-2H3,(H2,14,16). The number of hydrogen-bond acceptors (Lipinski definition) is 4. The summed E-state index contributed by atoms with van der Waals surface area (Å²) < 4.78 is 27.4. The highest BCUT2D eigenvalue weighted by atomic mass is 79.9. The normalized spacial score (nSPS) is 13.2. The van der Waals surface area contributed by atoms with Crippen LogP contribution in [-0.2, 0) is 14.8 Å². The molecule has 0 aliphatic carbocycles. The lowest BCUT2D eigenvalue weighted by Crippen LogP contribution is -2.36. The quantitative estimate of drug-likeness (QED) is 0.684. The van der Waals surface area contributed by atoms with Crippen LogP contribution in [-0.4, -0.2) is 20.4 Å². The second-order valence-corrected chi connectivity index (χ2v) is 6.87. The van der Waals surface area contributed by atoms with E-state index in [0.29, 0.717) is 15.7 Å². The number of rotatable bonds is 5. The lowest BCUT2D eigenvalue weighted by atomic mass is 10.2. The van der Waals surface area contributed by atoms with Gasteiger partial charge in [0.1, 0.15) is 0 Å². The van der Waals surface area contributed by atoms with E-state index in [-0.39, 0.29) is 11.3 Å². The fourth-order valence-electron chi connectivity index (χ4n) is 1.63. The smallest absolute Gasteiger partial charge is 0.241 e. The summed E-state index contributed by atoms with van der Waals surface area (Å²) in [5.41, 5.74) is 11.6. The molecule has 0 heterocycles. The van der Waals surface area contributed by atoms with Crippen molar-refractivity contribution >= 4 is 37.5 Å². The molecule has 1 aromatic carbocycles. The molecule has 1 rings (SSSR count). The van der Waals surface area contributed by atoms with Crippen molar-refractivity contribution in [2.45, 2.75) is 31.2 Å². The molecule has 0 fully saturated rings. The van der Waals surface area contributed by atoms with Crippen LogP contribution in [0.25, 0.3) is 0 Å². The number of hydrogen-bond donors (Lipinski definition) is 3. The minimum Gasteiger partial charge on any atom is -0.398 e. The topological polar surface area (TPSA) is 115 Å². The van der Waals surface area contributed by atoms with Gasteiger partial charge in [0.2, 0.25) is 15.9 Å². The van der Waals surface area contributed by atoms with Crippen LogP contribution in [0.5, 0.6) is 0 Å². The third-order valence-electron chi connectivity index (χ3n) is 2.45. The van der Waals surface area contributed by atoms with Gasteiger partial charge in [0.25, 0.3) is 0 Å². The van der Waals surface area contributed by atoms with Gasteiger partial charge in [-0.2, -0.15) is 0 Å². The van der Waals surface area contributed by atoms with Crippen molar-refractivity contribution < 1.29 is 13.2 Å². The number of nitrogens with two attached hydrogens (primary N) is 2. The summed E-state index contributed by atoms with van der Waals surface area (Å²) >= 11 is 3.23. The molecule has 106 valence electrons. The Morgan fingerprint density at radius 2 is 2.05 bits per heavy atom. The van der Waals surface area contributed by atoms with Gasteiger partial charge in [-0.15, -0.1) is 0 Å². The summed E-state index contributed by atoms with van der Waals surface area (Å²) in [6.07, 6.45) is -0.0652. The molecular formula is C11H16BrN3O3S. The molecule has 6 nitrogen and oxygen atoms in total. The maximum absolute atomic E-state index is 12.2. The maximum atomic E-state index is 12.2. The van der Waals surface area contributed by atoms with Gasteiger partial charge in [-0.1, -0.05) is 0 Å². The zero-order chi connectivity index (χ0) is 14.8. The Kier molecular flexibility index (Phi) is 4.94. The molecule has 0 aromatic heterocycles. The fourth-order valence-corrected chi connectivity index (χ4v) is 3.59. The SMILES string of the molecule is Cc1cc(Br)c(N)cc1S(=O)(=O)NC(C)CC(N)=O. The average Bonchev–Trinajstić information content (AvgIpc) is 2.20. The number of benzene rings is 1. The van der Waals surface area contributed by atoms with Crippen molar-refractivity contribution in [3.8, 4) is 0 Å². The van der Waals surface area contributed by atoms with Gasteiger partial charge in [-0.25, -0.2) is 13.1 Å². The number of carbonyl (C=O) groups excluding carboxylic acids is 1. The highest BCUT2D eigenvalue weighted by molar-refractivity contribution is 9.10. The molecule has 0 spiro atoms. The van der Waals surface area contributed by atoms with E-state index in [1.807, 2.05) is 0 Å². The molecule has 1 amide bonds. The summed E-state index contributed by atoms with van der Waals surface area (Å²) in [7, 11) is -3.73. The van der Waals surface area contributed by atoms with Gasteiger partial charge in [0, 0.05) is 22.6 Å². The van der Waals surface area contributed by atoms with Crippen LogP contribution in [0.4, 0.5) is 5.69 Å². The molecule has 0 saturated heterocycles. The predicted octanol–water partition coefficient (Wildman–Crippen LogP) is 0.882. The molecule has 1 unspecified atom stereocenters. The van der Waals surface area contributed by atoms with Crippen molar-refractivity contribution in [2.24, 2.45) is 5.73 Å². The minimum absolute atomic E-state index is 0.0652. The van der Waals surface area contributed by atoms with Crippen LogP contribution < -0.4 is 16.2 Å². The number of amides is 1. The monoisotopic (exact) mass is 349 g/mol. The summed E-state index contributed by atoms with van der Waals surface area (Å²) in [6, 6.07) is 2.42. The molecule has 5 N–H and O–H groups in total. The Labute approximate surface area is 120 Å². The first kappa shape index (κ1) is 15.9. The number of nitrogens with one attached hydrogen (secondary N) is 1. The average molecular weight is 350 g/mol. The van der Waals surface area contributed by atoms with E-state index >= 15 is 0 Å². The highest BCUT2D eigenvalue weighted by Gasteiger charge is 2.21. The van der Waals surface area contributed by atoms with Crippen molar-refractivity contribution in [2.75, 3.05) is 5.73 Å². The van der Waals surface area contributed by atoms with Gasteiger partial charge >= 0.3 is 0 Å². The molecule has 0 saturated carbocycles. The zero-order valence-corrected chi connectivity index (χ0v) is 13.0. The molecule has 0 radical (unpaired) electrons. The van der Waals surface area contributed by atoms with E-state index in [1.165, 1.54) is 6.07 Å². The van der Waals surface area contributed by atoms with E-state index in [0.717, 1.165) is 0 Å². The van der Waals surface area contributed by atoms with Crippen LogP contribution in [0.1, 0.15) is 18.9 Å². The summed E-state index contributed by atoms with van der Waals surface area (Å²) in [5, 5.41) is 0. The van der Waals surface area contributed by atoms with Crippen molar-refractivity contribution in [3.05, 3.63) is 22.2 Å². The molecule has 8 heteroatoms. The van der Waals surface area contributed by atoms with Gasteiger partial charge in [0.05, 0.1) is 4.90 Å². The second-order valence-electron chi connectivity index (χ2n) is 4.33. The summed E-state index contributed by atoms with van der Waals surface area (Å²) in [5.74, 6) is -0.567. The number of carbonyl (C=O) groups is 1. The lowest BCUT2D eigenvalue weighted by molar-refractivity contribution is -0.118. The number of primary amides is 1. The third-order valence-corrected chi connectivity index (χ3v) is 4.87. The number of halogens is 1. The first-order valence-corrected chi connectivity index (χ1v) is 7.77. The predicted molar refractivity (Wildman–Crippen MR) is 76.9 cm³/mol. The van der Waals surface area contributed by atoms with Gasteiger partial charge in [0.15, 0.2) is 0 Å². The van der Waals surface area contributed by atoms with Crippen molar-refractivity contribution in [1.29, 1.82) is 0 Å². The molecule has 0 bridgehead atoms. The van der Waals surface area contributed by atoms with Crippen LogP contribution in [0.15, 0.2) is 21.5 Å². The van der Waals surface area contributed by atoms with Gasteiger partial charge < -0.3 is 11.5 Å². The van der Waals surface area contributed by atoms with E-state index < -0.39 is 22.0 Å². The van der Waals surface area contributed by atoms with Crippen LogP contribution in [0.2, 0.25) is 0 Å². The Morgan fingerprint density at radius 1 is 1.47 bits per heavy atom. The number of nitrogen functional groups attached to an aromatic ring is 1. The largest absolute Gasteiger partial charge is 0.398 e. The Balaban J connectivity index is 3.07. The van der Waals surface area contributed by atoms with Crippen molar-refractivity contribution in [1.82, 2.24) is 4.72 Å². The summed E-state index contributed by atoms with van der Waals surface area (Å²) in [4.78, 5) is 10.8. The Hall–Kier alpha value is -1.12. The number of sulfonamides is 1. The lowest BCUT2D eigenvalue weighted by Gasteiger charge is -2.15. The van der Waals surface area contributed by atoms with Gasteiger partial charge in [-0.3, -0.25) is 4.79 Å². The maximum Gasteiger partial charge on any atom is 0.241 e. The Morgan fingerprint density at radius 3 is 2.58 bits per heavy atom. The molecule has 1 aromatic rings. The summed E-state index contributed by atoms with van der Waals surface area (Å²) in [6.45, 7) is 3.23. The third kappa shape index (κ3) is 4.19. The first-order valence-electron chi connectivity index (χ1n) is 5.49. The van der Waals surface area contributed by atoms with E-state index in [2.05, 4.69) is 20.7 Å². The molecular weight excluding hydrogens is 334 g/mol. The fraction of sp³-hybridized carbons (Fsp3) is 0.364. The minimum atomic E-state index is -3.73. The van der Waals surface area contributed by atoms with Gasteiger partial charge in [-0.05, 0) is 47.5 Å². The van der Waals surface area contributed by atoms with Crippen LogP contribution >= 0.6 is 15.9 Å². The van der Waals surface area contributed by atoms with Crippen LogP contribution in [0.3, 0.4) is 0 Å². The van der Waals surface area contributed by atoms with E-state index in [4.69, 9.17) is 11.5 Å². The number of aryl methyl sites for hydroxylation is 1. The molecule has 1 atom stereocenters. The first-order chi connectivity index (χ1) is 8.63. The van der Waals surface area contributed by atoms with E-state index in [9.17, 15) is 13.2 Å². The van der Waals surface area contributed by atoms with Crippen molar-refractivity contribution in [3.63, 3.8) is 0 Å². The Bertz CT molecular complexity index is 601. The second kappa shape index (κ2) is 5.89.